The highest BCUT2D eigenvalue weighted by Gasteiger charge is 2.27. The van der Waals surface area contributed by atoms with Gasteiger partial charge in [0, 0.05) is 18.1 Å². The number of aryl methyl sites for hydroxylation is 1. The fraction of sp³-hybridized carbons (Fsp3) is 0.526. The van der Waals surface area contributed by atoms with E-state index in [0.29, 0.717) is 6.04 Å². The summed E-state index contributed by atoms with van der Waals surface area (Å²) in [6.07, 6.45) is 6.11. The van der Waals surface area contributed by atoms with Gasteiger partial charge in [-0.3, -0.25) is 4.90 Å². The molecule has 0 amide bonds. The number of aromatic nitrogens is 1. The lowest BCUT2D eigenvalue weighted by atomic mass is 9.98. The van der Waals surface area contributed by atoms with E-state index < -0.39 is 5.60 Å². The Balaban J connectivity index is 1.59. The number of rotatable bonds is 6. The third kappa shape index (κ3) is 4.63. The molecule has 3 rings (SSSR count). The normalized spacial score (nSPS) is 19.3. The number of likely N-dealkylation sites (tertiary alicyclic amines) is 1. The Morgan fingerprint density at radius 2 is 2.00 bits per heavy atom. The molecule has 0 saturated carbocycles. The first kappa shape index (κ1) is 16.6. The van der Waals surface area contributed by atoms with Crippen LogP contribution in [0.3, 0.4) is 0 Å². The minimum atomic E-state index is -0.588. The lowest BCUT2D eigenvalue weighted by Gasteiger charge is -2.23. The Morgan fingerprint density at radius 1 is 1.26 bits per heavy atom. The van der Waals surface area contributed by atoms with E-state index in [0.717, 1.165) is 25.9 Å². The van der Waals surface area contributed by atoms with Crippen molar-refractivity contribution in [3.05, 3.63) is 52.0 Å². The van der Waals surface area contributed by atoms with Crippen molar-refractivity contribution in [3.8, 4) is 0 Å². The second kappa shape index (κ2) is 7.12. The Morgan fingerprint density at radius 3 is 2.65 bits per heavy atom. The molecule has 1 fully saturated rings. The summed E-state index contributed by atoms with van der Waals surface area (Å²) in [4.78, 5) is 7.05. The third-order valence-corrected chi connectivity index (χ3v) is 5.41. The number of nitrogens with zero attached hydrogens (tertiary/aromatic N) is 2. The molecule has 1 saturated heterocycles. The van der Waals surface area contributed by atoms with Gasteiger partial charge in [-0.15, -0.1) is 11.3 Å². The molecular formula is C19H26N2OS. The van der Waals surface area contributed by atoms with Crippen molar-refractivity contribution in [1.29, 1.82) is 0 Å². The van der Waals surface area contributed by atoms with E-state index in [1.807, 2.05) is 20.0 Å². The Hall–Kier alpha value is -1.23. The van der Waals surface area contributed by atoms with Gasteiger partial charge in [0.2, 0.25) is 0 Å². The van der Waals surface area contributed by atoms with Crippen LogP contribution in [0.5, 0.6) is 0 Å². The number of benzene rings is 1. The van der Waals surface area contributed by atoms with Gasteiger partial charge >= 0.3 is 0 Å². The highest BCUT2D eigenvalue weighted by Crippen LogP contribution is 2.34. The molecule has 0 radical (unpaired) electrons. The maximum absolute atomic E-state index is 9.83. The highest BCUT2D eigenvalue weighted by atomic mass is 32.1. The van der Waals surface area contributed by atoms with Gasteiger partial charge in [0.1, 0.15) is 5.01 Å². The number of hydrogen-bond donors (Lipinski definition) is 1. The molecule has 23 heavy (non-hydrogen) atoms. The molecule has 124 valence electrons. The van der Waals surface area contributed by atoms with Gasteiger partial charge in [0.15, 0.2) is 0 Å². The average molecular weight is 330 g/mol. The maximum Gasteiger partial charge on any atom is 0.110 e. The van der Waals surface area contributed by atoms with E-state index in [1.54, 1.807) is 11.3 Å². The zero-order valence-corrected chi connectivity index (χ0v) is 14.9. The van der Waals surface area contributed by atoms with Crippen LogP contribution in [0.2, 0.25) is 0 Å². The van der Waals surface area contributed by atoms with Crippen molar-refractivity contribution in [2.45, 2.75) is 57.7 Å². The summed E-state index contributed by atoms with van der Waals surface area (Å²) >= 11 is 1.77. The molecule has 0 spiro atoms. The van der Waals surface area contributed by atoms with E-state index in [-0.39, 0.29) is 0 Å². The van der Waals surface area contributed by atoms with E-state index in [2.05, 4.69) is 39.5 Å². The molecular weight excluding hydrogens is 304 g/mol. The van der Waals surface area contributed by atoms with Crippen LogP contribution in [0.25, 0.3) is 0 Å². The Bertz CT molecular complexity index is 601. The van der Waals surface area contributed by atoms with Crippen molar-refractivity contribution < 1.29 is 5.11 Å². The van der Waals surface area contributed by atoms with Gasteiger partial charge in [-0.25, -0.2) is 4.98 Å². The monoisotopic (exact) mass is 330 g/mol. The molecule has 1 aromatic carbocycles. The minimum absolute atomic E-state index is 0.491. The lowest BCUT2D eigenvalue weighted by molar-refractivity contribution is 0.0714. The van der Waals surface area contributed by atoms with Crippen LogP contribution in [0.1, 0.15) is 55.3 Å². The van der Waals surface area contributed by atoms with Gasteiger partial charge in [0.25, 0.3) is 0 Å². The van der Waals surface area contributed by atoms with Gasteiger partial charge in [-0.05, 0) is 57.2 Å². The van der Waals surface area contributed by atoms with Gasteiger partial charge in [0.05, 0.1) is 11.6 Å². The van der Waals surface area contributed by atoms with E-state index >= 15 is 0 Å². The lowest BCUT2D eigenvalue weighted by Crippen LogP contribution is -2.22. The highest BCUT2D eigenvalue weighted by molar-refractivity contribution is 7.09. The number of aliphatic hydroxyl groups is 1. The molecule has 1 aromatic heterocycles. The van der Waals surface area contributed by atoms with E-state index in [4.69, 9.17) is 0 Å². The quantitative estimate of drug-likeness (QED) is 0.863. The zero-order valence-electron chi connectivity index (χ0n) is 14.0. The first-order valence-corrected chi connectivity index (χ1v) is 9.33. The second-order valence-corrected chi connectivity index (χ2v) is 8.05. The molecule has 1 atom stereocenters. The molecule has 1 N–H and O–H groups in total. The minimum Gasteiger partial charge on any atom is -0.390 e. The van der Waals surface area contributed by atoms with Crippen LogP contribution >= 0.6 is 11.3 Å². The van der Waals surface area contributed by atoms with Crippen molar-refractivity contribution in [2.24, 2.45) is 0 Å². The molecule has 1 aliphatic heterocycles. The van der Waals surface area contributed by atoms with Crippen LogP contribution in [0, 0.1) is 0 Å². The fourth-order valence-corrected chi connectivity index (χ4v) is 4.00. The van der Waals surface area contributed by atoms with Crippen LogP contribution in [0.4, 0.5) is 0 Å². The van der Waals surface area contributed by atoms with E-state index in [1.165, 1.54) is 29.0 Å². The molecule has 4 heteroatoms. The van der Waals surface area contributed by atoms with Crippen molar-refractivity contribution in [2.75, 3.05) is 6.54 Å². The predicted octanol–water partition coefficient (Wildman–Crippen LogP) is 4.18. The molecule has 2 heterocycles. The third-order valence-electron chi connectivity index (χ3n) is 4.53. The summed E-state index contributed by atoms with van der Waals surface area (Å²) in [6.45, 7) is 5.89. The fourth-order valence-electron chi connectivity index (χ4n) is 3.19. The summed E-state index contributed by atoms with van der Waals surface area (Å²) in [6, 6.07) is 9.36. The number of hydrogen-bond acceptors (Lipinski definition) is 4. The smallest absolute Gasteiger partial charge is 0.110 e. The van der Waals surface area contributed by atoms with Crippen LogP contribution in [0.15, 0.2) is 35.8 Å². The predicted molar refractivity (Wildman–Crippen MR) is 95.6 cm³/mol. The van der Waals surface area contributed by atoms with Gasteiger partial charge in [-0.1, -0.05) is 24.3 Å². The Labute approximate surface area is 143 Å². The molecule has 3 nitrogen and oxygen atoms in total. The van der Waals surface area contributed by atoms with Crippen molar-refractivity contribution in [3.63, 3.8) is 0 Å². The molecule has 0 bridgehead atoms. The van der Waals surface area contributed by atoms with Crippen molar-refractivity contribution >= 4 is 11.3 Å². The van der Waals surface area contributed by atoms with E-state index in [9.17, 15) is 5.11 Å². The van der Waals surface area contributed by atoms with Gasteiger partial charge < -0.3 is 5.11 Å². The standard InChI is InChI=1S/C19H26N2OS/c1-19(2,22)10-9-15-5-7-16(8-6-15)14-21-12-3-4-17(21)18-20-11-13-23-18/h5-8,11,13,17,22H,3-4,9-10,12,14H2,1-2H3/t17-/m1/s1. The summed E-state index contributed by atoms with van der Waals surface area (Å²) in [5.74, 6) is 0. The summed E-state index contributed by atoms with van der Waals surface area (Å²) in [7, 11) is 0. The molecule has 1 aliphatic rings. The topological polar surface area (TPSA) is 36.4 Å². The van der Waals surface area contributed by atoms with Crippen LogP contribution in [-0.2, 0) is 13.0 Å². The second-order valence-electron chi connectivity index (χ2n) is 7.13. The first-order chi connectivity index (χ1) is 11.0. The van der Waals surface area contributed by atoms with Crippen LogP contribution < -0.4 is 0 Å². The maximum atomic E-state index is 9.83. The Kier molecular flexibility index (Phi) is 5.14. The molecule has 0 unspecified atom stereocenters. The molecule has 2 aromatic rings. The number of thiazole rings is 1. The summed E-state index contributed by atoms with van der Waals surface area (Å²) in [5.41, 5.74) is 2.07. The SMILES string of the molecule is CC(C)(O)CCc1ccc(CN2CCC[C@@H]2c2nccs2)cc1. The zero-order chi connectivity index (χ0) is 16.3. The molecule has 0 aliphatic carbocycles. The average Bonchev–Trinajstić information content (AvgIpc) is 3.16. The summed E-state index contributed by atoms with van der Waals surface area (Å²) < 4.78 is 0. The largest absolute Gasteiger partial charge is 0.390 e. The van der Waals surface area contributed by atoms with Crippen LogP contribution in [-0.4, -0.2) is 27.1 Å². The summed E-state index contributed by atoms with van der Waals surface area (Å²) in [5, 5.41) is 13.2. The first-order valence-electron chi connectivity index (χ1n) is 8.45. The van der Waals surface area contributed by atoms with Gasteiger partial charge in [-0.2, -0.15) is 0 Å². The van der Waals surface area contributed by atoms with Crippen molar-refractivity contribution in [1.82, 2.24) is 9.88 Å².